The number of nitrogens with zero attached hydrogens (tertiary/aromatic N) is 1. The van der Waals surface area contributed by atoms with Crippen LogP contribution >= 0.6 is 0 Å². The van der Waals surface area contributed by atoms with Gasteiger partial charge in [0.05, 0.1) is 19.7 Å². The maximum Gasteiger partial charge on any atom is 0.401 e. The van der Waals surface area contributed by atoms with Crippen molar-refractivity contribution in [2.24, 2.45) is 5.73 Å². The molecular formula is C14H21F3N2O. The predicted molar refractivity (Wildman–Crippen MR) is 72.7 cm³/mol. The molecule has 0 heterocycles. The summed E-state index contributed by atoms with van der Waals surface area (Å²) < 4.78 is 43.4. The molecule has 0 saturated carbocycles. The van der Waals surface area contributed by atoms with Crippen LogP contribution in [0.5, 0.6) is 5.75 Å². The van der Waals surface area contributed by atoms with Gasteiger partial charge in [-0.1, -0.05) is 25.1 Å². The third-order valence-electron chi connectivity index (χ3n) is 3.06. The Morgan fingerprint density at radius 3 is 2.45 bits per heavy atom. The number of rotatable bonds is 7. The standard InChI is InChI=1S/C14H21F3N2O/c1-3-8-19(10-14(15,16)17)12(9-18)11-6-4-5-7-13(11)20-2/h4-7,12H,3,8-10,18H2,1-2H3. The highest BCUT2D eigenvalue weighted by molar-refractivity contribution is 5.36. The molecule has 1 rings (SSSR count). The second-order valence-corrected chi connectivity index (χ2v) is 4.58. The zero-order valence-electron chi connectivity index (χ0n) is 11.8. The number of methoxy groups -OCH3 is 1. The molecule has 6 heteroatoms. The maximum atomic E-state index is 12.7. The Morgan fingerprint density at radius 2 is 1.95 bits per heavy atom. The van der Waals surface area contributed by atoms with Crippen molar-refractivity contribution >= 4 is 0 Å². The molecule has 0 aliphatic heterocycles. The fourth-order valence-electron chi connectivity index (χ4n) is 2.28. The van der Waals surface area contributed by atoms with Gasteiger partial charge in [-0.25, -0.2) is 0 Å². The van der Waals surface area contributed by atoms with Gasteiger partial charge < -0.3 is 10.5 Å². The van der Waals surface area contributed by atoms with Crippen molar-refractivity contribution < 1.29 is 17.9 Å². The van der Waals surface area contributed by atoms with E-state index >= 15 is 0 Å². The number of nitrogens with two attached hydrogens (primary N) is 1. The van der Waals surface area contributed by atoms with Gasteiger partial charge in [0, 0.05) is 12.1 Å². The molecule has 0 aliphatic rings. The van der Waals surface area contributed by atoms with Gasteiger partial charge in [-0.3, -0.25) is 4.90 Å². The smallest absolute Gasteiger partial charge is 0.401 e. The van der Waals surface area contributed by atoms with Gasteiger partial charge in [-0.15, -0.1) is 0 Å². The Labute approximate surface area is 117 Å². The van der Waals surface area contributed by atoms with Crippen molar-refractivity contribution in [3.63, 3.8) is 0 Å². The summed E-state index contributed by atoms with van der Waals surface area (Å²) in [5.41, 5.74) is 6.40. The van der Waals surface area contributed by atoms with Crippen LogP contribution in [-0.2, 0) is 0 Å². The summed E-state index contributed by atoms with van der Waals surface area (Å²) in [6.45, 7) is 1.32. The van der Waals surface area contributed by atoms with Crippen LogP contribution in [0.25, 0.3) is 0 Å². The van der Waals surface area contributed by atoms with Gasteiger partial charge in [0.15, 0.2) is 0 Å². The van der Waals surface area contributed by atoms with Gasteiger partial charge in [-0.2, -0.15) is 13.2 Å². The molecular weight excluding hydrogens is 269 g/mol. The minimum Gasteiger partial charge on any atom is -0.496 e. The van der Waals surface area contributed by atoms with Crippen LogP contribution < -0.4 is 10.5 Å². The Balaban J connectivity index is 3.06. The molecule has 2 N–H and O–H groups in total. The fraction of sp³-hybridized carbons (Fsp3) is 0.571. The van der Waals surface area contributed by atoms with E-state index in [4.69, 9.17) is 10.5 Å². The minimum atomic E-state index is -4.25. The van der Waals surface area contributed by atoms with E-state index in [-0.39, 0.29) is 6.54 Å². The van der Waals surface area contributed by atoms with Crippen LogP contribution in [0.2, 0.25) is 0 Å². The van der Waals surface area contributed by atoms with Crippen LogP contribution in [0.15, 0.2) is 24.3 Å². The van der Waals surface area contributed by atoms with Crippen molar-refractivity contribution in [2.45, 2.75) is 25.6 Å². The van der Waals surface area contributed by atoms with E-state index in [2.05, 4.69) is 0 Å². The van der Waals surface area contributed by atoms with E-state index in [0.29, 0.717) is 24.3 Å². The molecule has 0 amide bonds. The number of para-hydroxylation sites is 1. The van der Waals surface area contributed by atoms with E-state index in [1.807, 2.05) is 6.92 Å². The van der Waals surface area contributed by atoms with Crippen LogP contribution in [0.3, 0.4) is 0 Å². The van der Waals surface area contributed by atoms with Gasteiger partial charge in [0.1, 0.15) is 5.75 Å². The fourth-order valence-corrected chi connectivity index (χ4v) is 2.28. The lowest BCUT2D eigenvalue weighted by molar-refractivity contribution is -0.151. The average molecular weight is 290 g/mol. The van der Waals surface area contributed by atoms with Gasteiger partial charge in [0.25, 0.3) is 0 Å². The highest BCUT2D eigenvalue weighted by Crippen LogP contribution is 2.31. The van der Waals surface area contributed by atoms with Crippen LogP contribution in [-0.4, -0.2) is 37.8 Å². The number of alkyl halides is 3. The van der Waals surface area contributed by atoms with Crippen LogP contribution in [0.4, 0.5) is 13.2 Å². The molecule has 1 aromatic rings. The number of benzene rings is 1. The summed E-state index contributed by atoms with van der Waals surface area (Å²) in [7, 11) is 1.50. The number of ether oxygens (including phenoxy) is 1. The van der Waals surface area contributed by atoms with E-state index < -0.39 is 18.8 Å². The minimum absolute atomic E-state index is 0.108. The molecule has 0 bridgehead atoms. The SMILES string of the molecule is CCCN(CC(F)(F)F)C(CN)c1ccccc1OC. The molecule has 0 saturated heterocycles. The molecule has 20 heavy (non-hydrogen) atoms. The number of halogens is 3. The molecule has 0 fully saturated rings. The zero-order chi connectivity index (χ0) is 15.2. The van der Waals surface area contributed by atoms with Crippen molar-refractivity contribution in [3.05, 3.63) is 29.8 Å². The van der Waals surface area contributed by atoms with Crippen LogP contribution in [0.1, 0.15) is 24.9 Å². The molecule has 1 atom stereocenters. The van der Waals surface area contributed by atoms with Crippen molar-refractivity contribution in [1.29, 1.82) is 0 Å². The lowest BCUT2D eigenvalue weighted by atomic mass is 10.0. The summed E-state index contributed by atoms with van der Waals surface area (Å²) in [5, 5.41) is 0. The quantitative estimate of drug-likeness (QED) is 0.839. The van der Waals surface area contributed by atoms with Crippen molar-refractivity contribution in [2.75, 3.05) is 26.7 Å². The maximum absolute atomic E-state index is 12.7. The highest BCUT2D eigenvalue weighted by atomic mass is 19.4. The number of hydrogen-bond donors (Lipinski definition) is 1. The zero-order valence-corrected chi connectivity index (χ0v) is 11.8. The normalized spacial score (nSPS) is 13.6. The van der Waals surface area contributed by atoms with E-state index in [9.17, 15) is 13.2 Å². The molecule has 0 aliphatic carbocycles. The third kappa shape index (κ3) is 4.68. The Bertz CT molecular complexity index is 410. The van der Waals surface area contributed by atoms with Gasteiger partial charge in [0.2, 0.25) is 0 Å². The molecule has 1 aromatic carbocycles. The Kier molecular flexibility index (Phi) is 6.29. The van der Waals surface area contributed by atoms with E-state index in [0.717, 1.165) is 0 Å². The van der Waals surface area contributed by atoms with Gasteiger partial charge >= 0.3 is 6.18 Å². The second-order valence-electron chi connectivity index (χ2n) is 4.58. The van der Waals surface area contributed by atoms with Crippen molar-refractivity contribution in [1.82, 2.24) is 4.90 Å². The Hall–Kier alpha value is -1.27. The van der Waals surface area contributed by atoms with Gasteiger partial charge in [-0.05, 0) is 19.0 Å². The summed E-state index contributed by atoms with van der Waals surface area (Å²) >= 11 is 0. The number of hydrogen-bond acceptors (Lipinski definition) is 3. The molecule has 0 aromatic heterocycles. The molecule has 1 unspecified atom stereocenters. The lowest BCUT2D eigenvalue weighted by Crippen LogP contribution is -2.40. The van der Waals surface area contributed by atoms with E-state index in [1.165, 1.54) is 12.0 Å². The lowest BCUT2D eigenvalue weighted by Gasteiger charge is -2.32. The molecule has 0 radical (unpaired) electrons. The first-order valence-electron chi connectivity index (χ1n) is 6.56. The average Bonchev–Trinajstić information content (AvgIpc) is 2.38. The largest absolute Gasteiger partial charge is 0.496 e. The Morgan fingerprint density at radius 1 is 1.30 bits per heavy atom. The second kappa shape index (κ2) is 7.50. The molecule has 3 nitrogen and oxygen atoms in total. The monoisotopic (exact) mass is 290 g/mol. The summed E-state index contributed by atoms with van der Waals surface area (Å²) in [6, 6.07) is 6.54. The molecule has 0 spiro atoms. The highest BCUT2D eigenvalue weighted by Gasteiger charge is 2.34. The van der Waals surface area contributed by atoms with Crippen LogP contribution in [0, 0.1) is 0 Å². The first-order valence-corrected chi connectivity index (χ1v) is 6.56. The third-order valence-corrected chi connectivity index (χ3v) is 3.06. The summed E-state index contributed by atoms with van der Waals surface area (Å²) in [6.07, 6.45) is -3.62. The predicted octanol–water partition coefficient (Wildman–Crippen LogP) is 2.97. The van der Waals surface area contributed by atoms with E-state index in [1.54, 1.807) is 24.3 Å². The summed E-state index contributed by atoms with van der Waals surface area (Å²) in [4.78, 5) is 1.36. The first kappa shape index (κ1) is 16.8. The topological polar surface area (TPSA) is 38.5 Å². The summed E-state index contributed by atoms with van der Waals surface area (Å²) in [5.74, 6) is 0.561. The van der Waals surface area contributed by atoms with Crippen molar-refractivity contribution in [3.8, 4) is 5.75 Å². The molecule has 114 valence electrons. The first-order chi connectivity index (χ1) is 9.42.